The van der Waals surface area contributed by atoms with Gasteiger partial charge in [-0.25, -0.2) is 0 Å². The van der Waals surface area contributed by atoms with E-state index >= 15 is 0 Å². The van der Waals surface area contributed by atoms with Gasteiger partial charge in [0.1, 0.15) is 0 Å². The van der Waals surface area contributed by atoms with Gasteiger partial charge in [0.2, 0.25) is 0 Å². The molecule has 1 aromatic rings. The summed E-state index contributed by atoms with van der Waals surface area (Å²) < 4.78 is 0. The van der Waals surface area contributed by atoms with Crippen LogP contribution in [0.1, 0.15) is 26.7 Å². The Morgan fingerprint density at radius 2 is 2.00 bits per heavy atom. The first-order valence-electron chi connectivity index (χ1n) is 6.67. The highest BCUT2D eigenvalue weighted by Gasteiger charge is 2.25. The van der Waals surface area contributed by atoms with Crippen molar-refractivity contribution in [3.05, 3.63) is 30.3 Å². The maximum Gasteiger partial charge on any atom is 0.0340 e. The van der Waals surface area contributed by atoms with Gasteiger partial charge >= 0.3 is 0 Å². The molecular formula is C15H24N2. The van der Waals surface area contributed by atoms with E-state index in [-0.39, 0.29) is 0 Å². The summed E-state index contributed by atoms with van der Waals surface area (Å²) in [6.45, 7) is 9.45. The summed E-state index contributed by atoms with van der Waals surface area (Å²) in [5.74, 6) is 0. The SMILES string of the molecule is CC1(C)CCCN(CCNc2ccccc2)C1. The summed E-state index contributed by atoms with van der Waals surface area (Å²) in [5.41, 5.74) is 1.73. The van der Waals surface area contributed by atoms with E-state index in [1.165, 1.54) is 31.6 Å². The fraction of sp³-hybridized carbons (Fsp3) is 0.600. The highest BCUT2D eigenvalue weighted by molar-refractivity contribution is 5.42. The topological polar surface area (TPSA) is 15.3 Å². The van der Waals surface area contributed by atoms with Gasteiger partial charge in [-0.3, -0.25) is 0 Å². The predicted octanol–water partition coefficient (Wildman–Crippen LogP) is 3.22. The third-order valence-electron chi connectivity index (χ3n) is 3.51. The van der Waals surface area contributed by atoms with E-state index in [0.717, 1.165) is 13.1 Å². The molecule has 0 bridgehead atoms. The molecule has 1 heterocycles. The summed E-state index contributed by atoms with van der Waals surface area (Å²) in [5, 5.41) is 3.48. The molecule has 2 rings (SSSR count). The average Bonchev–Trinajstić information content (AvgIpc) is 2.29. The first-order valence-corrected chi connectivity index (χ1v) is 6.67. The van der Waals surface area contributed by atoms with Crippen LogP contribution < -0.4 is 5.32 Å². The number of nitrogens with one attached hydrogen (secondary N) is 1. The number of nitrogens with zero attached hydrogens (tertiary/aromatic N) is 1. The highest BCUT2D eigenvalue weighted by Crippen LogP contribution is 2.27. The molecule has 0 aromatic heterocycles. The van der Waals surface area contributed by atoms with Gasteiger partial charge in [0.15, 0.2) is 0 Å². The van der Waals surface area contributed by atoms with Gasteiger partial charge in [-0.05, 0) is 36.9 Å². The number of likely N-dealkylation sites (tertiary alicyclic amines) is 1. The summed E-state index contributed by atoms with van der Waals surface area (Å²) in [6.07, 6.45) is 2.72. The normalized spacial score (nSPS) is 20.1. The Kier molecular flexibility index (Phi) is 4.06. The Bertz CT molecular complexity index is 332. The van der Waals surface area contributed by atoms with Crippen molar-refractivity contribution in [3.63, 3.8) is 0 Å². The molecular weight excluding hydrogens is 208 g/mol. The molecule has 1 aliphatic heterocycles. The number of rotatable bonds is 4. The maximum atomic E-state index is 3.48. The second-order valence-electron chi connectivity index (χ2n) is 5.84. The number of hydrogen-bond acceptors (Lipinski definition) is 2. The summed E-state index contributed by atoms with van der Waals surface area (Å²) in [6, 6.07) is 10.5. The molecule has 1 fully saturated rings. The highest BCUT2D eigenvalue weighted by atomic mass is 15.1. The van der Waals surface area contributed by atoms with E-state index in [2.05, 4.69) is 54.4 Å². The van der Waals surface area contributed by atoms with Gasteiger partial charge in [0.05, 0.1) is 0 Å². The maximum absolute atomic E-state index is 3.48. The Labute approximate surface area is 105 Å². The van der Waals surface area contributed by atoms with E-state index in [0.29, 0.717) is 5.41 Å². The van der Waals surface area contributed by atoms with Crippen LogP contribution in [0.3, 0.4) is 0 Å². The summed E-state index contributed by atoms with van der Waals surface area (Å²) in [7, 11) is 0. The molecule has 94 valence electrons. The van der Waals surface area contributed by atoms with Crippen molar-refractivity contribution < 1.29 is 0 Å². The lowest BCUT2D eigenvalue weighted by molar-refractivity contribution is 0.122. The first-order chi connectivity index (χ1) is 8.16. The Morgan fingerprint density at radius 3 is 2.71 bits per heavy atom. The minimum absolute atomic E-state index is 0.505. The van der Waals surface area contributed by atoms with Gasteiger partial charge in [-0.15, -0.1) is 0 Å². The molecule has 2 nitrogen and oxygen atoms in total. The molecule has 1 saturated heterocycles. The van der Waals surface area contributed by atoms with Crippen molar-refractivity contribution in [3.8, 4) is 0 Å². The van der Waals surface area contributed by atoms with E-state index in [9.17, 15) is 0 Å². The summed E-state index contributed by atoms with van der Waals surface area (Å²) >= 11 is 0. The summed E-state index contributed by atoms with van der Waals surface area (Å²) in [4.78, 5) is 2.58. The van der Waals surface area contributed by atoms with Crippen molar-refractivity contribution in [1.29, 1.82) is 0 Å². The molecule has 0 unspecified atom stereocenters. The molecule has 1 aliphatic rings. The quantitative estimate of drug-likeness (QED) is 0.857. The van der Waals surface area contributed by atoms with Crippen LogP contribution in [0.5, 0.6) is 0 Å². The zero-order chi connectivity index (χ0) is 12.1. The predicted molar refractivity (Wildman–Crippen MR) is 74.4 cm³/mol. The smallest absolute Gasteiger partial charge is 0.0340 e. The molecule has 0 saturated carbocycles. The standard InChI is InChI=1S/C15H24N2/c1-15(2)9-6-11-17(13-15)12-10-16-14-7-4-3-5-8-14/h3-5,7-8,16H,6,9-13H2,1-2H3. The monoisotopic (exact) mass is 232 g/mol. The van der Waals surface area contributed by atoms with Crippen LogP contribution in [-0.4, -0.2) is 31.1 Å². The number of para-hydroxylation sites is 1. The molecule has 17 heavy (non-hydrogen) atoms. The van der Waals surface area contributed by atoms with E-state index in [1.54, 1.807) is 0 Å². The third kappa shape index (κ3) is 4.04. The van der Waals surface area contributed by atoms with Gasteiger partial charge < -0.3 is 10.2 Å². The average molecular weight is 232 g/mol. The van der Waals surface area contributed by atoms with E-state index in [1.807, 2.05) is 0 Å². The molecule has 1 aromatic carbocycles. The van der Waals surface area contributed by atoms with Crippen LogP contribution in [0.15, 0.2) is 30.3 Å². The third-order valence-corrected chi connectivity index (χ3v) is 3.51. The van der Waals surface area contributed by atoms with Crippen molar-refractivity contribution in [2.24, 2.45) is 5.41 Å². The second kappa shape index (κ2) is 5.54. The van der Waals surface area contributed by atoms with Gasteiger partial charge in [-0.1, -0.05) is 32.0 Å². The molecule has 0 spiro atoms. The lowest BCUT2D eigenvalue weighted by atomic mass is 9.84. The number of benzene rings is 1. The Morgan fingerprint density at radius 1 is 1.24 bits per heavy atom. The fourth-order valence-corrected chi connectivity index (χ4v) is 2.65. The number of piperidine rings is 1. The van der Waals surface area contributed by atoms with Crippen LogP contribution in [-0.2, 0) is 0 Å². The Hall–Kier alpha value is -1.02. The Balaban J connectivity index is 1.72. The minimum atomic E-state index is 0.505. The lowest BCUT2D eigenvalue weighted by Crippen LogP contribution is -2.42. The van der Waals surface area contributed by atoms with Crippen LogP contribution >= 0.6 is 0 Å². The zero-order valence-corrected chi connectivity index (χ0v) is 11.1. The fourth-order valence-electron chi connectivity index (χ4n) is 2.65. The zero-order valence-electron chi connectivity index (χ0n) is 11.1. The van der Waals surface area contributed by atoms with E-state index in [4.69, 9.17) is 0 Å². The van der Waals surface area contributed by atoms with Gasteiger partial charge in [-0.2, -0.15) is 0 Å². The van der Waals surface area contributed by atoms with Crippen LogP contribution in [0.25, 0.3) is 0 Å². The lowest BCUT2D eigenvalue weighted by Gasteiger charge is -2.38. The molecule has 0 radical (unpaired) electrons. The number of hydrogen-bond donors (Lipinski definition) is 1. The first kappa shape index (κ1) is 12.4. The molecule has 0 atom stereocenters. The van der Waals surface area contributed by atoms with Crippen molar-refractivity contribution in [2.45, 2.75) is 26.7 Å². The van der Waals surface area contributed by atoms with Crippen molar-refractivity contribution in [2.75, 3.05) is 31.5 Å². The molecule has 0 aliphatic carbocycles. The molecule has 2 heteroatoms. The van der Waals surface area contributed by atoms with Crippen LogP contribution in [0, 0.1) is 5.41 Å². The van der Waals surface area contributed by atoms with E-state index < -0.39 is 0 Å². The number of anilines is 1. The largest absolute Gasteiger partial charge is 0.384 e. The second-order valence-corrected chi connectivity index (χ2v) is 5.84. The van der Waals surface area contributed by atoms with Crippen molar-refractivity contribution >= 4 is 5.69 Å². The van der Waals surface area contributed by atoms with Crippen LogP contribution in [0.4, 0.5) is 5.69 Å². The molecule has 0 amide bonds. The van der Waals surface area contributed by atoms with Gasteiger partial charge in [0, 0.05) is 25.3 Å². The minimum Gasteiger partial charge on any atom is -0.384 e. The van der Waals surface area contributed by atoms with Gasteiger partial charge in [0.25, 0.3) is 0 Å². The molecule has 1 N–H and O–H groups in total. The van der Waals surface area contributed by atoms with Crippen LogP contribution in [0.2, 0.25) is 0 Å². The van der Waals surface area contributed by atoms with Crippen molar-refractivity contribution in [1.82, 2.24) is 4.90 Å².